The highest BCUT2D eigenvalue weighted by atomic mass is 32.2. The molecule has 3 saturated heterocycles. The van der Waals surface area contributed by atoms with Crippen molar-refractivity contribution in [2.24, 2.45) is 0 Å². The van der Waals surface area contributed by atoms with Crippen LogP contribution in [-0.2, 0) is 10.2 Å². The molecule has 3 fully saturated rings. The van der Waals surface area contributed by atoms with E-state index in [4.69, 9.17) is 9.47 Å². The largest absolute Gasteiger partial charge is 0.490 e. The molecule has 28 heavy (non-hydrogen) atoms. The van der Waals surface area contributed by atoms with Gasteiger partial charge in [0.15, 0.2) is 0 Å². The van der Waals surface area contributed by atoms with Crippen LogP contribution in [0.1, 0.15) is 51.5 Å². The summed E-state index contributed by atoms with van der Waals surface area (Å²) in [7, 11) is 0. The van der Waals surface area contributed by atoms with E-state index >= 15 is 0 Å². The Morgan fingerprint density at radius 2 is 1.82 bits per heavy atom. The number of hydrogen-bond acceptors (Lipinski definition) is 5. The van der Waals surface area contributed by atoms with Crippen LogP contribution >= 0.6 is 11.9 Å². The van der Waals surface area contributed by atoms with Crippen molar-refractivity contribution in [1.29, 1.82) is 0 Å². The lowest BCUT2D eigenvalue weighted by Crippen LogP contribution is -2.42. The van der Waals surface area contributed by atoms with Crippen LogP contribution < -0.4 is 4.74 Å². The molecule has 0 amide bonds. The Balaban J connectivity index is 1.39. The Kier molecular flexibility index (Phi) is 6.87. The second-order valence-electron chi connectivity index (χ2n) is 8.91. The summed E-state index contributed by atoms with van der Waals surface area (Å²) < 4.78 is 14.6. The predicted octanol–water partition coefficient (Wildman–Crippen LogP) is 4.34. The van der Waals surface area contributed by atoms with Gasteiger partial charge in [0, 0.05) is 56.6 Å². The monoisotopic (exact) mass is 404 g/mol. The Morgan fingerprint density at radius 1 is 1.11 bits per heavy atom. The van der Waals surface area contributed by atoms with Crippen LogP contribution in [0.15, 0.2) is 24.3 Å². The Bertz CT molecular complexity index is 602. The van der Waals surface area contributed by atoms with Gasteiger partial charge in [-0.15, -0.1) is 0 Å². The van der Waals surface area contributed by atoms with Crippen LogP contribution in [0.25, 0.3) is 0 Å². The standard InChI is InChI=1S/C23H36N2O2S/c1-19(2)24-13-8-22(9-14-24)27-21-6-4-20(5-7-21)23(10-15-26-16-11-23)18-25-12-3-17-28-25/h4-7,19,22H,3,8-18H2,1-2H3. The maximum atomic E-state index is 6.33. The smallest absolute Gasteiger partial charge is 0.119 e. The summed E-state index contributed by atoms with van der Waals surface area (Å²) in [5, 5.41) is 0. The number of likely N-dealkylation sites (tertiary alicyclic amines) is 1. The molecule has 0 aliphatic carbocycles. The molecule has 0 N–H and O–H groups in total. The van der Waals surface area contributed by atoms with Crippen molar-refractivity contribution >= 4 is 11.9 Å². The van der Waals surface area contributed by atoms with Gasteiger partial charge < -0.3 is 14.4 Å². The molecule has 3 aliphatic rings. The van der Waals surface area contributed by atoms with Crippen LogP contribution in [0.4, 0.5) is 0 Å². The van der Waals surface area contributed by atoms with E-state index in [1.165, 1.54) is 24.3 Å². The molecule has 0 unspecified atom stereocenters. The lowest BCUT2D eigenvalue weighted by atomic mass is 9.74. The van der Waals surface area contributed by atoms with Gasteiger partial charge in [0.1, 0.15) is 11.9 Å². The van der Waals surface area contributed by atoms with E-state index in [0.717, 1.165) is 64.3 Å². The summed E-state index contributed by atoms with van der Waals surface area (Å²) in [6, 6.07) is 9.70. The fourth-order valence-corrected chi connectivity index (χ4v) is 5.96. The van der Waals surface area contributed by atoms with Crippen molar-refractivity contribution in [2.75, 3.05) is 45.1 Å². The van der Waals surface area contributed by atoms with Crippen molar-refractivity contribution in [1.82, 2.24) is 9.21 Å². The predicted molar refractivity (Wildman–Crippen MR) is 117 cm³/mol. The SMILES string of the molecule is CC(C)N1CCC(Oc2ccc(C3(CN4CCCS4)CCOCC3)cc2)CC1. The first-order valence-corrected chi connectivity index (χ1v) is 12.1. The maximum absolute atomic E-state index is 6.33. The number of rotatable bonds is 6. The van der Waals surface area contributed by atoms with Gasteiger partial charge in [0.05, 0.1) is 0 Å². The summed E-state index contributed by atoms with van der Waals surface area (Å²) in [6.45, 7) is 11.0. The van der Waals surface area contributed by atoms with Crippen LogP contribution in [-0.4, -0.2) is 66.5 Å². The minimum Gasteiger partial charge on any atom is -0.490 e. The summed E-state index contributed by atoms with van der Waals surface area (Å²) in [4.78, 5) is 2.55. The van der Waals surface area contributed by atoms with Crippen LogP contribution in [0.3, 0.4) is 0 Å². The van der Waals surface area contributed by atoms with Crippen LogP contribution in [0.2, 0.25) is 0 Å². The van der Waals surface area contributed by atoms with E-state index in [-0.39, 0.29) is 5.41 Å². The quantitative estimate of drug-likeness (QED) is 0.657. The van der Waals surface area contributed by atoms with Crippen molar-refractivity contribution in [3.8, 4) is 5.75 Å². The van der Waals surface area contributed by atoms with Crippen molar-refractivity contribution < 1.29 is 9.47 Å². The fraction of sp³-hybridized carbons (Fsp3) is 0.739. The van der Waals surface area contributed by atoms with Crippen molar-refractivity contribution in [3.05, 3.63) is 29.8 Å². The number of hydrogen-bond donors (Lipinski definition) is 0. The van der Waals surface area contributed by atoms with Crippen LogP contribution in [0, 0.1) is 0 Å². The zero-order chi connectivity index (χ0) is 19.4. The second kappa shape index (κ2) is 9.38. The molecule has 3 aliphatic heterocycles. The molecule has 0 saturated carbocycles. The highest BCUT2D eigenvalue weighted by Gasteiger charge is 2.37. The normalized spacial score (nSPS) is 24.7. The van der Waals surface area contributed by atoms with E-state index in [1.54, 1.807) is 0 Å². The number of benzene rings is 1. The summed E-state index contributed by atoms with van der Waals surface area (Å²) in [5.41, 5.74) is 1.70. The third-order valence-electron chi connectivity index (χ3n) is 6.73. The Morgan fingerprint density at radius 3 is 2.43 bits per heavy atom. The third kappa shape index (κ3) is 4.86. The topological polar surface area (TPSA) is 24.9 Å². The fourth-order valence-electron chi connectivity index (χ4n) is 4.85. The van der Waals surface area contributed by atoms with Gasteiger partial charge in [-0.25, -0.2) is 4.31 Å². The van der Waals surface area contributed by atoms with E-state index in [9.17, 15) is 0 Å². The first kappa shape index (κ1) is 20.5. The van der Waals surface area contributed by atoms with E-state index < -0.39 is 0 Å². The molecule has 1 aromatic rings. The third-order valence-corrected chi connectivity index (χ3v) is 7.88. The van der Waals surface area contributed by atoms with Gasteiger partial charge in [0.2, 0.25) is 0 Å². The summed E-state index contributed by atoms with van der Waals surface area (Å²) in [5.74, 6) is 2.30. The highest BCUT2D eigenvalue weighted by molar-refractivity contribution is 7.97. The average Bonchev–Trinajstić information content (AvgIpc) is 3.22. The highest BCUT2D eigenvalue weighted by Crippen LogP contribution is 2.39. The zero-order valence-corrected chi connectivity index (χ0v) is 18.4. The zero-order valence-electron chi connectivity index (χ0n) is 17.6. The van der Waals surface area contributed by atoms with Gasteiger partial charge in [-0.2, -0.15) is 0 Å². The molecule has 0 spiro atoms. The number of ether oxygens (including phenoxy) is 2. The summed E-state index contributed by atoms with van der Waals surface area (Å²) >= 11 is 2.02. The Hall–Kier alpha value is -0.750. The molecule has 156 valence electrons. The van der Waals surface area contributed by atoms with Gasteiger partial charge in [-0.3, -0.25) is 0 Å². The van der Waals surface area contributed by atoms with Gasteiger partial charge in [-0.1, -0.05) is 24.1 Å². The van der Waals surface area contributed by atoms with Gasteiger partial charge in [0.25, 0.3) is 0 Å². The van der Waals surface area contributed by atoms with Crippen LogP contribution in [0.5, 0.6) is 5.75 Å². The molecular formula is C23H36N2O2S. The molecule has 5 heteroatoms. The molecule has 4 nitrogen and oxygen atoms in total. The van der Waals surface area contributed by atoms with E-state index in [0.29, 0.717) is 12.1 Å². The molecule has 4 rings (SSSR count). The lowest BCUT2D eigenvalue weighted by molar-refractivity contribution is 0.0442. The van der Waals surface area contributed by atoms with Gasteiger partial charge >= 0.3 is 0 Å². The average molecular weight is 405 g/mol. The molecule has 0 bridgehead atoms. The minimum atomic E-state index is 0.233. The molecule has 0 radical (unpaired) electrons. The molecule has 0 aromatic heterocycles. The molecule has 0 atom stereocenters. The summed E-state index contributed by atoms with van der Waals surface area (Å²) in [6.07, 6.45) is 6.19. The molecular weight excluding hydrogens is 368 g/mol. The van der Waals surface area contributed by atoms with Gasteiger partial charge in [-0.05, 0) is 63.6 Å². The second-order valence-corrected chi connectivity index (χ2v) is 10.1. The number of nitrogens with zero attached hydrogens (tertiary/aromatic N) is 2. The van der Waals surface area contributed by atoms with Crippen molar-refractivity contribution in [2.45, 2.75) is 63.5 Å². The maximum Gasteiger partial charge on any atom is 0.119 e. The van der Waals surface area contributed by atoms with Crippen molar-refractivity contribution in [3.63, 3.8) is 0 Å². The first-order chi connectivity index (χ1) is 13.6. The minimum absolute atomic E-state index is 0.233. The van der Waals surface area contributed by atoms with E-state index in [1.807, 2.05) is 11.9 Å². The molecule has 1 aromatic carbocycles. The number of piperidine rings is 1. The first-order valence-electron chi connectivity index (χ1n) is 11.1. The Labute approximate surface area is 175 Å². The van der Waals surface area contributed by atoms with E-state index in [2.05, 4.69) is 47.3 Å². The molecule has 3 heterocycles. The lowest BCUT2D eigenvalue weighted by Gasteiger charge is -2.40.